The van der Waals surface area contributed by atoms with Crippen molar-refractivity contribution in [2.45, 2.75) is 32.9 Å². The van der Waals surface area contributed by atoms with Gasteiger partial charge in [0.15, 0.2) is 23.0 Å². The second-order valence-corrected chi connectivity index (χ2v) is 10.4. The number of amides is 1. The molecule has 5 rings (SSSR count). The minimum atomic E-state index is -0.818. The van der Waals surface area contributed by atoms with E-state index in [1.54, 1.807) is 42.3 Å². The highest BCUT2D eigenvalue weighted by Crippen LogP contribution is 2.43. The number of ether oxygens (including phenoxy) is 4. The highest BCUT2D eigenvalue weighted by molar-refractivity contribution is 6.46. The molecule has 1 unspecified atom stereocenters. The van der Waals surface area contributed by atoms with Gasteiger partial charge in [-0.1, -0.05) is 50.2 Å². The molecule has 0 aromatic heterocycles. The number of ketones is 1. The number of aliphatic hydroxyl groups is 1. The van der Waals surface area contributed by atoms with Crippen LogP contribution >= 0.6 is 0 Å². The van der Waals surface area contributed by atoms with Gasteiger partial charge < -0.3 is 33.9 Å². The molecule has 226 valence electrons. The minimum absolute atomic E-state index is 0.0181. The first-order valence-electron chi connectivity index (χ1n) is 14.7. The molecule has 2 aliphatic rings. The SMILES string of the molecule is CCN(CC)CCCN1C(=O)C(=O)/C(=C(\O)c2ccc3c(c2)OCCO3)C1c1ccc(OCc2ccccc2)c(OC)c1. The van der Waals surface area contributed by atoms with E-state index < -0.39 is 17.7 Å². The summed E-state index contributed by atoms with van der Waals surface area (Å²) in [5, 5.41) is 11.6. The molecule has 1 N–H and O–H groups in total. The molecule has 9 nitrogen and oxygen atoms in total. The molecule has 1 amide bonds. The Morgan fingerprint density at radius 2 is 1.70 bits per heavy atom. The van der Waals surface area contributed by atoms with Crippen LogP contribution in [0.15, 0.2) is 72.3 Å². The maximum atomic E-state index is 13.6. The van der Waals surface area contributed by atoms with Crippen molar-refractivity contribution in [3.05, 3.63) is 89.0 Å². The number of hydrogen-bond acceptors (Lipinski definition) is 8. The zero-order valence-corrected chi connectivity index (χ0v) is 24.9. The van der Waals surface area contributed by atoms with Crippen LogP contribution in [0.3, 0.4) is 0 Å². The number of Topliss-reactive ketones (excluding diaryl/α,β-unsaturated/α-hetero) is 1. The number of rotatable bonds is 12. The van der Waals surface area contributed by atoms with Gasteiger partial charge in [0, 0.05) is 12.1 Å². The first-order valence-corrected chi connectivity index (χ1v) is 14.7. The van der Waals surface area contributed by atoms with Crippen LogP contribution < -0.4 is 18.9 Å². The maximum absolute atomic E-state index is 13.6. The zero-order chi connectivity index (χ0) is 30.3. The van der Waals surface area contributed by atoms with Gasteiger partial charge in [-0.2, -0.15) is 0 Å². The molecule has 3 aromatic rings. The van der Waals surface area contributed by atoms with Crippen molar-refractivity contribution in [3.63, 3.8) is 0 Å². The average molecular weight is 587 g/mol. The largest absolute Gasteiger partial charge is 0.507 e. The molecule has 3 aromatic carbocycles. The smallest absolute Gasteiger partial charge is 0.295 e. The summed E-state index contributed by atoms with van der Waals surface area (Å²) >= 11 is 0. The Labute approximate surface area is 252 Å². The van der Waals surface area contributed by atoms with Crippen molar-refractivity contribution >= 4 is 17.4 Å². The van der Waals surface area contributed by atoms with Crippen LogP contribution in [0.25, 0.3) is 5.76 Å². The molecule has 1 saturated heterocycles. The van der Waals surface area contributed by atoms with E-state index in [1.165, 1.54) is 0 Å². The number of hydrogen-bond donors (Lipinski definition) is 1. The van der Waals surface area contributed by atoms with Gasteiger partial charge in [0.25, 0.3) is 11.7 Å². The summed E-state index contributed by atoms with van der Waals surface area (Å²) in [6.07, 6.45) is 0.671. The molecule has 43 heavy (non-hydrogen) atoms. The van der Waals surface area contributed by atoms with Gasteiger partial charge in [-0.3, -0.25) is 9.59 Å². The van der Waals surface area contributed by atoms with Crippen molar-refractivity contribution in [2.24, 2.45) is 0 Å². The van der Waals surface area contributed by atoms with Crippen LogP contribution in [0.5, 0.6) is 23.0 Å². The van der Waals surface area contributed by atoms with Crippen molar-refractivity contribution in [1.29, 1.82) is 0 Å². The molecule has 9 heteroatoms. The van der Waals surface area contributed by atoms with E-state index in [1.807, 2.05) is 36.4 Å². The molecular formula is C34H38N2O7. The van der Waals surface area contributed by atoms with Gasteiger partial charge in [0.1, 0.15) is 25.6 Å². The number of nitrogens with zero attached hydrogens (tertiary/aromatic N) is 2. The van der Waals surface area contributed by atoms with E-state index in [2.05, 4.69) is 18.7 Å². The number of likely N-dealkylation sites (tertiary alicyclic amines) is 1. The topological polar surface area (TPSA) is 97.8 Å². The highest BCUT2D eigenvalue weighted by Gasteiger charge is 2.46. The van der Waals surface area contributed by atoms with Gasteiger partial charge in [-0.15, -0.1) is 0 Å². The predicted octanol–water partition coefficient (Wildman–Crippen LogP) is 5.20. The second kappa shape index (κ2) is 13.6. The lowest BCUT2D eigenvalue weighted by molar-refractivity contribution is -0.140. The Balaban J connectivity index is 1.52. The van der Waals surface area contributed by atoms with Gasteiger partial charge in [-0.05, 0) is 67.5 Å². The fourth-order valence-corrected chi connectivity index (χ4v) is 5.52. The summed E-state index contributed by atoms with van der Waals surface area (Å²) in [4.78, 5) is 30.9. The van der Waals surface area contributed by atoms with Gasteiger partial charge in [-0.25, -0.2) is 0 Å². The quantitative estimate of drug-likeness (QED) is 0.176. The molecule has 0 spiro atoms. The third-order valence-corrected chi connectivity index (χ3v) is 7.86. The first kappa shape index (κ1) is 30.0. The highest BCUT2D eigenvalue weighted by atomic mass is 16.6. The van der Waals surface area contributed by atoms with E-state index in [4.69, 9.17) is 18.9 Å². The van der Waals surface area contributed by atoms with E-state index in [-0.39, 0.29) is 11.3 Å². The Morgan fingerprint density at radius 3 is 2.42 bits per heavy atom. The lowest BCUT2D eigenvalue weighted by Gasteiger charge is -2.27. The van der Waals surface area contributed by atoms with Crippen LogP contribution in [-0.4, -0.2) is 73.1 Å². The van der Waals surface area contributed by atoms with E-state index in [0.717, 1.165) is 25.2 Å². The predicted molar refractivity (Wildman–Crippen MR) is 163 cm³/mol. The molecule has 0 saturated carbocycles. The Kier molecular flexibility index (Phi) is 9.51. The van der Waals surface area contributed by atoms with Crippen molar-refractivity contribution in [3.8, 4) is 23.0 Å². The average Bonchev–Trinajstić information content (AvgIpc) is 3.30. The van der Waals surface area contributed by atoms with E-state index >= 15 is 0 Å². The summed E-state index contributed by atoms with van der Waals surface area (Å²) in [5.41, 5.74) is 2.02. The van der Waals surface area contributed by atoms with E-state index in [9.17, 15) is 14.7 Å². The minimum Gasteiger partial charge on any atom is -0.507 e. The number of carbonyl (C=O) groups is 2. The molecule has 0 radical (unpaired) electrons. The Morgan fingerprint density at radius 1 is 0.953 bits per heavy atom. The van der Waals surface area contributed by atoms with Crippen LogP contribution in [-0.2, 0) is 16.2 Å². The summed E-state index contributed by atoms with van der Waals surface area (Å²) in [7, 11) is 1.55. The summed E-state index contributed by atoms with van der Waals surface area (Å²) in [6, 6.07) is 19.3. The van der Waals surface area contributed by atoms with E-state index in [0.29, 0.717) is 66.9 Å². The van der Waals surface area contributed by atoms with Crippen LogP contribution in [0, 0.1) is 0 Å². The fraction of sp³-hybridized carbons (Fsp3) is 0.353. The van der Waals surface area contributed by atoms with Gasteiger partial charge in [0.05, 0.1) is 18.7 Å². The summed E-state index contributed by atoms with van der Waals surface area (Å²) < 4.78 is 23.0. The molecular weight excluding hydrogens is 548 g/mol. The summed E-state index contributed by atoms with van der Waals surface area (Å²) in [5.74, 6) is 0.376. The monoisotopic (exact) mass is 586 g/mol. The maximum Gasteiger partial charge on any atom is 0.295 e. The third-order valence-electron chi connectivity index (χ3n) is 7.86. The normalized spacial score (nSPS) is 17.4. The first-order chi connectivity index (χ1) is 20.9. The van der Waals surface area contributed by atoms with Crippen LogP contribution in [0.1, 0.15) is 43.0 Å². The fourth-order valence-electron chi connectivity index (χ4n) is 5.52. The summed E-state index contributed by atoms with van der Waals surface area (Å²) in [6.45, 7) is 8.27. The van der Waals surface area contributed by atoms with Crippen LogP contribution in [0.2, 0.25) is 0 Å². The number of fused-ring (bicyclic) bond motifs is 1. The molecule has 0 aliphatic carbocycles. The lowest BCUT2D eigenvalue weighted by atomic mass is 9.94. The third kappa shape index (κ3) is 6.46. The number of methoxy groups -OCH3 is 1. The number of aliphatic hydroxyl groups excluding tert-OH is 1. The van der Waals surface area contributed by atoms with Crippen molar-refractivity contribution in [1.82, 2.24) is 9.80 Å². The Hall–Kier alpha value is -4.50. The lowest BCUT2D eigenvalue weighted by Crippen LogP contribution is -2.33. The zero-order valence-electron chi connectivity index (χ0n) is 24.9. The number of benzene rings is 3. The standard InChI is InChI=1S/C34H38N2O7/c1-4-35(5-2)16-9-17-36-31(24-12-14-26(28(20-24)40-3)43-22-23-10-7-6-8-11-23)30(33(38)34(36)39)32(37)25-13-15-27-29(21-25)42-19-18-41-27/h6-8,10-15,20-21,31,37H,4-5,9,16-19,22H2,1-3H3/b32-30-. The number of carbonyl (C=O) groups excluding carboxylic acids is 2. The molecule has 1 atom stereocenters. The molecule has 1 fully saturated rings. The van der Waals surface area contributed by atoms with Crippen molar-refractivity contribution < 1.29 is 33.6 Å². The Bertz CT molecular complexity index is 1480. The second-order valence-electron chi connectivity index (χ2n) is 10.4. The van der Waals surface area contributed by atoms with Crippen molar-refractivity contribution in [2.75, 3.05) is 46.5 Å². The van der Waals surface area contributed by atoms with Crippen LogP contribution in [0.4, 0.5) is 0 Å². The van der Waals surface area contributed by atoms with Gasteiger partial charge in [0.2, 0.25) is 0 Å². The molecule has 2 aliphatic heterocycles. The van der Waals surface area contributed by atoms with Gasteiger partial charge >= 0.3 is 0 Å². The molecule has 2 heterocycles. The molecule has 0 bridgehead atoms.